The minimum Gasteiger partial charge on any atom is -0.383 e. The van der Waals surface area contributed by atoms with Crippen molar-refractivity contribution in [1.29, 1.82) is 0 Å². The number of nitrogens with zero attached hydrogens (tertiary/aromatic N) is 2. The van der Waals surface area contributed by atoms with Gasteiger partial charge in [0.2, 0.25) is 0 Å². The van der Waals surface area contributed by atoms with Crippen LogP contribution in [0.4, 0.5) is 0 Å². The summed E-state index contributed by atoms with van der Waals surface area (Å²) in [6, 6.07) is 6.50. The van der Waals surface area contributed by atoms with Crippen molar-refractivity contribution >= 4 is 0 Å². The SMILES string of the molecule is COCCNCc1cn(C)nc1-c1ccc(C)c(C)c1. The first-order chi connectivity index (χ1) is 9.61. The molecular weight excluding hydrogens is 250 g/mol. The Balaban J connectivity index is 2.20. The molecule has 4 nitrogen and oxygen atoms in total. The molecule has 0 fully saturated rings. The van der Waals surface area contributed by atoms with Gasteiger partial charge in [-0.15, -0.1) is 0 Å². The standard InChI is InChI=1S/C16H23N3O/c1-12-5-6-14(9-13(12)2)16-15(11-19(3)18-16)10-17-7-8-20-4/h5-6,9,11,17H,7-8,10H2,1-4H3. The van der Waals surface area contributed by atoms with E-state index in [0.717, 1.165) is 25.4 Å². The molecule has 0 saturated heterocycles. The molecule has 1 N–H and O–H groups in total. The molecule has 1 aromatic carbocycles. The van der Waals surface area contributed by atoms with E-state index in [1.165, 1.54) is 22.3 Å². The molecule has 4 heteroatoms. The van der Waals surface area contributed by atoms with Crippen LogP contribution in [0.5, 0.6) is 0 Å². The monoisotopic (exact) mass is 273 g/mol. The molecule has 0 unspecified atom stereocenters. The normalized spacial score (nSPS) is 11.0. The Morgan fingerprint density at radius 1 is 1.25 bits per heavy atom. The first kappa shape index (κ1) is 14.8. The predicted molar refractivity (Wildman–Crippen MR) is 81.7 cm³/mol. The van der Waals surface area contributed by atoms with Gasteiger partial charge < -0.3 is 10.1 Å². The largest absolute Gasteiger partial charge is 0.383 e. The van der Waals surface area contributed by atoms with E-state index in [1.807, 2.05) is 11.7 Å². The molecule has 0 aliphatic carbocycles. The van der Waals surface area contributed by atoms with E-state index in [-0.39, 0.29) is 0 Å². The highest BCUT2D eigenvalue weighted by Crippen LogP contribution is 2.24. The van der Waals surface area contributed by atoms with Gasteiger partial charge in [0.25, 0.3) is 0 Å². The van der Waals surface area contributed by atoms with Crippen molar-refractivity contribution in [3.8, 4) is 11.3 Å². The Bertz CT molecular complexity index is 575. The summed E-state index contributed by atoms with van der Waals surface area (Å²) < 4.78 is 6.92. The Labute approximate surface area is 120 Å². The zero-order valence-electron chi connectivity index (χ0n) is 12.7. The third-order valence-electron chi connectivity index (χ3n) is 3.48. The van der Waals surface area contributed by atoms with Crippen molar-refractivity contribution in [2.75, 3.05) is 20.3 Å². The maximum absolute atomic E-state index is 5.05. The van der Waals surface area contributed by atoms with Crippen LogP contribution in [0, 0.1) is 13.8 Å². The smallest absolute Gasteiger partial charge is 0.0968 e. The maximum Gasteiger partial charge on any atom is 0.0968 e. The average molecular weight is 273 g/mol. The van der Waals surface area contributed by atoms with Gasteiger partial charge in [-0.3, -0.25) is 4.68 Å². The number of nitrogens with one attached hydrogen (secondary N) is 1. The predicted octanol–water partition coefficient (Wildman–Crippen LogP) is 2.44. The van der Waals surface area contributed by atoms with E-state index in [1.54, 1.807) is 7.11 Å². The highest BCUT2D eigenvalue weighted by atomic mass is 16.5. The van der Waals surface area contributed by atoms with Gasteiger partial charge in [0.15, 0.2) is 0 Å². The molecule has 108 valence electrons. The van der Waals surface area contributed by atoms with Crippen LogP contribution in [-0.4, -0.2) is 30.0 Å². The molecule has 20 heavy (non-hydrogen) atoms. The molecule has 0 aliphatic rings. The lowest BCUT2D eigenvalue weighted by atomic mass is 10.0. The van der Waals surface area contributed by atoms with Crippen LogP contribution in [0.25, 0.3) is 11.3 Å². The van der Waals surface area contributed by atoms with Crippen molar-refractivity contribution in [1.82, 2.24) is 15.1 Å². The van der Waals surface area contributed by atoms with E-state index < -0.39 is 0 Å². The fourth-order valence-corrected chi connectivity index (χ4v) is 2.20. The van der Waals surface area contributed by atoms with E-state index in [2.05, 4.69) is 48.7 Å². The number of hydrogen-bond donors (Lipinski definition) is 1. The lowest BCUT2D eigenvalue weighted by Gasteiger charge is -2.07. The van der Waals surface area contributed by atoms with Gasteiger partial charge in [-0.1, -0.05) is 12.1 Å². The second kappa shape index (κ2) is 6.68. The molecule has 1 aromatic heterocycles. The lowest BCUT2D eigenvalue weighted by Crippen LogP contribution is -2.18. The second-order valence-electron chi connectivity index (χ2n) is 5.15. The number of ether oxygens (including phenoxy) is 1. The number of benzene rings is 1. The Hall–Kier alpha value is -1.65. The quantitative estimate of drug-likeness (QED) is 0.822. The molecule has 0 aliphatic heterocycles. The summed E-state index contributed by atoms with van der Waals surface area (Å²) in [7, 11) is 3.68. The van der Waals surface area contributed by atoms with Crippen LogP contribution in [0.2, 0.25) is 0 Å². The number of rotatable bonds is 6. The first-order valence-corrected chi connectivity index (χ1v) is 6.91. The number of hydrogen-bond acceptors (Lipinski definition) is 3. The molecule has 0 amide bonds. The summed E-state index contributed by atoms with van der Waals surface area (Å²) in [5.41, 5.74) is 6.06. The fraction of sp³-hybridized carbons (Fsp3) is 0.438. The Morgan fingerprint density at radius 2 is 2.05 bits per heavy atom. The van der Waals surface area contributed by atoms with Gasteiger partial charge in [-0.2, -0.15) is 5.10 Å². The molecule has 0 spiro atoms. The molecule has 0 radical (unpaired) electrons. The van der Waals surface area contributed by atoms with Gasteiger partial charge >= 0.3 is 0 Å². The minimum atomic E-state index is 0.721. The van der Waals surface area contributed by atoms with E-state index in [9.17, 15) is 0 Å². The van der Waals surface area contributed by atoms with Crippen molar-refractivity contribution in [3.63, 3.8) is 0 Å². The van der Waals surface area contributed by atoms with Gasteiger partial charge in [0.1, 0.15) is 0 Å². The van der Waals surface area contributed by atoms with Crippen LogP contribution in [0.3, 0.4) is 0 Å². The van der Waals surface area contributed by atoms with Crippen molar-refractivity contribution in [3.05, 3.63) is 41.1 Å². The highest BCUT2D eigenvalue weighted by molar-refractivity contribution is 5.64. The Morgan fingerprint density at radius 3 is 2.75 bits per heavy atom. The van der Waals surface area contributed by atoms with Crippen LogP contribution in [-0.2, 0) is 18.3 Å². The van der Waals surface area contributed by atoms with Crippen LogP contribution in [0.15, 0.2) is 24.4 Å². The topological polar surface area (TPSA) is 39.1 Å². The van der Waals surface area contributed by atoms with E-state index in [0.29, 0.717) is 0 Å². The summed E-state index contributed by atoms with van der Waals surface area (Å²) >= 11 is 0. The molecular formula is C16H23N3O. The molecule has 1 heterocycles. The highest BCUT2D eigenvalue weighted by Gasteiger charge is 2.10. The zero-order chi connectivity index (χ0) is 14.5. The fourth-order valence-electron chi connectivity index (χ4n) is 2.20. The molecule has 0 atom stereocenters. The molecule has 0 saturated carbocycles. The molecule has 0 bridgehead atoms. The summed E-state index contributed by atoms with van der Waals surface area (Å²) in [4.78, 5) is 0. The number of aromatic nitrogens is 2. The summed E-state index contributed by atoms with van der Waals surface area (Å²) in [6.45, 7) is 6.64. The summed E-state index contributed by atoms with van der Waals surface area (Å²) in [5.74, 6) is 0. The van der Waals surface area contributed by atoms with Gasteiger partial charge in [0.05, 0.1) is 12.3 Å². The average Bonchev–Trinajstić information content (AvgIpc) is 2.79. The van der Waals surface area contributed by atoms with Crippen LogP contribution in [0.1, 0.15) is 16.7 Å². The van der Waals surface area contributed by atoms with E-state index >= 15 is 0 Å². The van der Waals surface area contributed by atoms with Crippen LogP contribution < -0.4 is 5.32 Å². The molecule has 2 rings (SSSR count). The van der Waals surface area contributed by atoms with Gasteiger partial charge in [0, 0.05) is 44.6 Å². The van der Waals surface area contributed by atoms with Gasteiger partial charge in [-0.25, -0.2) is 0 Å². The summed E-state index contributed by atoms with van der Waals surface area (Å²) in [6.07, 6.45) is 2.07. The van der Waals surface area contributed by atoms with Crippen molar-refractivity contribution < 1.29 is 4.74 Å². The first-order valence-electron chi connectivity index (χ1n) is 6.91. The summed E-state index contributed by atoms with van der Waals surface area (Å²) in [5, 5.41) is 7.97. The Kier molecular flexibility index (Phi) is 4.93. The molecule has 2 aromatic rings. The number of aryl methyl sites for hydroxylation is 3. The maximum atomic E-state index is 5.05. The number of methoxy groups -OCH3 is 1. The van der Waals surface area contributed by atoms with Crippen LogP contribution >= 0.6 is 0 Å². The van der Waals surface area contributed by atoms with Crippen molar-refractivity contribution in [2.24, 2.45) is 7.05 Å². The minimum absolute atomic E-state index is 0.721. The third-order valence-corrected chi connectivity index (χ3v) is 3.48. The van der Waals surface area contributed by atoms with Gasteiger partial charge in [-0.05, 0) is 31.0 Å². The lowest BCUT2D eigenvalue weighted by molar-refractivity contribution is 0.199. The second-order valence-corrected chi connectivity index (χ2v) is 5.15. The van der Waals surface area contributed by atoms with Crippen molar-refractivity contribution in [2.45, 2.75) is 20.4 Å². The van der Waals surface area contributed by atoms with E-state index in [4.69, 9.17) is 4.74 Å². The zero-order valence-corrected chi connectivity index (χ0v) is 12.7. The third kappa shape index (κ3) is 3.46.